The van der Waals surface area contributed by atoms with Gasteiger partial charge in [-0.15, -0.1) is 0 Å². The third-order valence-electron chi connectivity index (χ3n) is 2.74. The molecule has 0 aromatic rings. The van der Waals surface area contributed by atoms with Gasteiger partial charge in [0.2, 0.25) is 0 Å². The summed E-state index contributed by atoms with van der Waals surface area (Å²) in [6.45, 7) is 5.07. The van der Waals surface area contributed by atoms with E-state index >= 15 is 0 Å². The van der Waals surface area contributed by atoms with Crippen LogP contribution in [-0.2, 0) is 4.74 Å². The highest BCUT2D eigenvalue weighted by molar-refractivity contribution is 5.23. The Labute approximate surface area is 81.9 Å². The molecule has 82 valence electrons. The summed E-state index contributed by atoms with van der Waals surface area (Å²) in [6, 6.07) is 0. The lowest BCUT2D eigenvalue weighted by atomic mass is 9.92. The second-order valence-corrected chi connectivity index (χ2v) is 3.66. The number of alkyl halides is 3. The molecular formula is C10H15F3O. The van der Waals surface area contributed by atoms with Crippen molar-refractivity contribution in [1.82, 2.24) is 0 Å². The second-order valence-electron chi connectivity index (χ2n) is 3.66. The van der Waals surface area contributed by atoms with Gasteiger partial charge in [0.15, 0.2) is 0 Å². The Morgan fingerprint density at radius 2 is 2.07 bits per heavy atom. The zero-order valence-corrected chi connectivity index (χ0v) is 8.61. The fraction of sp³-hybridized carbons (Fsp3) is 0.800. The maximum atomic E-state index is 12.6. The maximum absolute atomic E-state index is 12.6. The lowest BCUT2D eigenvalue weighted by molar-refractivity contribution is -0.165. The number of rotatable bonds is 1. The summed E-state index contributed by atoms with van der Waals surface area (Å²) in [5.74, 6) is -1.39. The SMILES string of the molecule is CC/C(C)=C1/C(C)OCC1C(F)(F)F. The molecule has 4 heteroatoms. The molecule has 0 N–H and O–H groups in total. The molecule has 0 spiro atoms. The minimum atomic E-state index is -4.17. The van der Waals surface area contributed by atoms with Crippen LogP contribution in [0, 0.1) is 5.92 Å². The highest BCUT2D eigenvalue weighted by Crippen LogP contribution is 2.40. The molecule has 0 aromatic carbocycles. The lowest BCUT2D eigenvalue weighted by Crippen LogP contribution is -2.25. The van der Waals surface area contributed by atoms with E-state index in [1.165, 1.54) is 0 Å². The highest BCUT2D eigenvalue weighted by Gasteiger charge is 2.47. The first-order chi connectivity index (χ1) is 6.38. The third-order valence-corrected chi connectivity index (χ3v) is 2.74. The van der Waals surface area contributed by atoms with E-state index in [9.17, 15) is 13.2 Å². The van der Waals surface area contributed by atoms with Crippen molar-refractivity contribution in [2.45, 2.75) is 39.5 Å². The molecule has 2 atom stereocenters. The van der Waals surface area contributed by atoms with E-state index in [0.717, 1.165) is 5.57 Å². The van der Waals surface area contributed by atoms with Crippen LogP contribution in [0.25, 0.3) is 0 Å². The van der Waals surface area contributed by atoms with Crippen molar-refractivity contribution in [3.05, 3.63) is 11.1 Å². The molecule has 0 bridgehead atoms. The molecular weight excluding hydrogens is 193 g/mol. The van der Waals surface area contributed by atoms with E-state index in [2.05, 4.69) is 0 Å². The van der Waals surface area contributed by atoms with Crippen LogP contribution >= 0.6 is 0 Å². The van der Waals surface area contributed by atoms with Crippen LogP contribution in [0.4, 0.5) is 13.2 Å². The molecule has 14 heavy (non-hydrogen) atoms. The summed E-state index contributed by atoms with van der Waals surface area (Å²) >= 11 is 0. The zero-order valence-electron chi connectivity index (χ0n) is 8.61. The van der Waals surface area contributed by atoms with E-state index in [4.69, 9.17) is 4.74 Å². The van der Waals surface area contributed by atoms with Gasteiger partial charge in [0.25, 0.3) is 0 Å². The molecule has 1 nitrogen and oxygen atoms in total. The van der Waals surface area contributed by atoms with Gasteiger partial charge in [-0.2, -0.15) is 13.2 Å². The van der Waals surface area contributed by atoms with Crippen LogP contribution in [0.1, 0.15) is 27.2 Å². The molecule has 0 saturated carbocycles. The van der Waals surface area contributed by atoms with E-state index in [0.29, 0.717) is 12.0 Å². The molecule has 0 amide bonds. The predicted molar refractivity (Wildman–Crippen MR) is 48.0 cm³/mol. The van der Waals surface area contributed by atoms with Gasteiger partial charge < -0.3 is 4.74 Å². The van der Waals surface area contributed by atoms with Gasteiger partial charge in [0.05, 0.1) is 12.7 Å². The van der Waals surface area contributed by atoms with Crippen molar-refractivity contribution in [3.63, 3.8) is 0 Å². The van der Waals surface area contributed by atoms with E-state index in [1.54, 1.807) is 13.8 Å². The number of halogens is 3. The van der Waals surface area contributed by atoms with Crippen molar-refractivity contribution >= 4 is 0 Å². The smallest absolute Gasteiger partial charge is 0.373 e. The quantitative estimate of drug-likeness (QED) is 0.601. The van der Waals surface area contributed by atoms with Crippen LogP contribution in [0.15, 0.2) is 11.1 Å². The molecule has 1 aliphatic heterocycles. The van der Waals surface area contributed by atoms with Crippen molar-refractivity contribution in [2.24, 2.45) is 5.92 Å². The molecule has 1 fully saturated rings. The fourth-order valence-electron chi connectivity index (χ4n) is 1.82. The molecule has 1 aliphatic rings. The molecule has 1 saturated heterocycles. The summed E-state index contributed by atoms with van der Waals surface area (Å²) in [7, 11) is 0. The van der Waals surface area contributed by atoms with Gasteiger partial charge in [-0.25, -0.2) is 0 Å². The van der Waals surface area contributed by atoms with E-state index in [1.807, 2.05) is 6.92 Å². The molecule has 0 aliphatic carbocycles. The van der Waals surface area contributed by atoms with Gasteiger partial charge in [0.1, 0.15) is 5.92 Å². The molecule has 1 heterocycles. The van der Waals surface area contributed by atoms with E-state index < -0.39 is 12.1 Å². The Morgan fingerprint density at radius 1 is 1.50 bits per heavy atom. The topological polar surface area (TPSA) is 9.23 Å². The second kappa shape index (κ2) is 3.93. The first-order valence-electron chi connectivity index (χ1n) is 4.75. The van der Waals surface area contributed by atoms with Crippen LogP contribution < -0.4 is 0 Å². The third kappa shape index (κ3) is 2.11. The highest BCUT2D eigenvalue weighted by atomic mass is 19.4. The number of allylic oxidation sites excluding steroid dienone is 1. The average Bonchev–Trinajstić information content (AvgIpc) is 2.45. The Balaban J connectivity index is 3.00. The largest absolute Gasteiger partial charge is 0.397 e. The number of hydrogen-bond donors (Lipinski definition) is 0. The van der Waals surface area contributed by atoms with Crippen LogP contribution in [0.5, 0.6) is 0 Å². The molecule has 0 aromatic heterocycles. The average molecular weight is 208 g/mol. The van der Waals surface area contributed by atoms with Gasteiger partial charge in [-0.05, 0) is 25.8 Å². The number of hydrogen-bond acceptors (Lipinski definition) is 1. The minimum absolute atomic E-state index is 0.225. The molecule has 2 unspecified atom stereocenters. The van der Waals surface area contributed by atoms with Gasteiger partial charge in [0, 0.05) is 0 Å². The van der Waals surface area contributed by atoms with Crippen molar-refractivity contribution in [2.75, 3.05) is 6.61 Å². The predicted octanol–water partition coefficient (Wildman–Crippen LogP) is 3.31. The van der Waals surface area contributed by atoms with Gasteiger partial charge >= 0.3 is 6.18 Å². The number of ether oxygens (including phenoxy) is 1. The summed E-state index contributed by atoms with van der Waals surface area (Å²) < 4.78 is 42.7. The van der Waals surface area contributed by atoms with Crippen LogP contribution in [0.2, 0.25) is 0 Å². The first kappa shape index (κ1) is 11.6. The summed E-state index contributed by atoms with van der Waals surface area (Å²) in [4.78, 5) is 0. The van der Waals surface area contributed by atoms with E-state index in [-0.39, 0.29) is 12.7 Å². The lowest BCUT2D eigenvalue weighted by Gasteiger charge is -2.18. The summed E-state index contributed by atoms with van der Waals surface area (Å²) in [6.07, 6.45) is -3.91. The maximum Gasteiger partial charge on any atom is 0.397 e. The Kier molecular flexibility index (Phi) is 3.24. The van der Waals surface area contributed by atoms with Crippen LogP contribution in [0.3, 0.4) is 0 Å². The Bertz CT molecular complexity index is 242. The fourth-order valence-corrected chi connectivity index (χ4v) is 1.82. The van der Waals surface area contributed by atoms with Crippen molar-refractivity contribution in [3.8, 4) is 0 Å². The Hall–Kier alpha value is -0.510. The molecule has 1 rings (SSSR count). The summed E-state index contributed by atoms with van der Waals surface area (Å²) in [5, 5.41) is 0. The normalized spacial score (nSPS) is 32.1. The van der Waals surface area contributed by atoms with Crippen LogP contribution in [-0.4, -0.2) is 18.9 Å². The zero-order chi connectivity index (χ0) is 10.9. The van der Waals surface area contributed by atoms with Crippen molar-refractivity contribution < 1.29 is 17.9 Å². The Morgan fingerprint density at radius 3 is 2.50 bits per heavy atom. The minimum Gasteiger partial charge on any atom is -0.373 e. The first-order valence-corrected chi connectivity index (χ1v) is 4.75. The van der Waals surface area contributed by atoms with Gasteiger partial charge in [-0.3, -0.25) is 0 Å². The monoisotopic (exact) mass is 208 g/mol. The summed E-state index contributed by atoms with van der Waals surface area (Å²) in [5.41, 5.74) is 1.23. The van der Waals surface area contributed by atoms with Gasteiger partial charge in [-0.1, -0.05) is 12.5 Å². The molecule has 0 radical (unpaired) electrons. The van der Waals surface area contributed by atoms with Crippen molar-refractivity contribution in [1.29, 1.82) is 0 Å². The standard InChI is InChI=1S/C10H15F3O/c1-4-6(2)9-7(3)14-5-8(9)10(11,12)13/h7-8H,4-5H2,1-3H3/b9-6-.